The molecule has 1 aliphatic rings. The third-order valence-electron chi connectivity index (χ3n) is 3.20. The van der Waals surface area contributed by atoms with Crippen LogP contribution in [0.4, 0.5) is 0 Å². The average Bonchev–Trinajstić information content (AvgIpc) is 2.51. The van der Waals surface area contributed by atoms with Crippen LogP contribution in [0.3, 0.4) is 0 Å². The van der Waals surface area contributed by atoms with Gasteiger partial charge in [-0.2, -0.15) is 0 Å². The lowest BCUT2D eigenvalue weighted by Gasteiger charge is -2.21. The third-order valence-corrected chi connectivity index (χ3v) is 3.20. The van der Waals surface area contributed by atoms with Crippen LogP contribution in [0.1, 0.15) is 59.8 Å². The van der Waals surface area contributed by atoms with Gasteiger partial charge in [-0.25, -0.2) is 0 Å². The van der Waals surface area contributed by atoms with E-state index in [0.717, 1.165) is 19.3 Å². The Kier molecular flexibility index (Phi) is 13.7. The second-order valence-corrected chi connectivity index (χ2v) is 5.23. The molecule has 1 saturated heterocycles. The van der Waals surface area contributed by atoms with Crippen molar-refractivity contribution in [3.63, 3.8) is 0 Å². The van der Waals surface area contributed by atoms with Gasteiger partial charge in [0.15, 0.2) is 0 Å². The summed E-state index contributed by atoms with van der Waals surface area (Å²) in [4.78, 5) is 21.8. The molecule has 0 saturated carbocycles. The van der Waals surface area contributed by atoms with Crippen LogP contribution in [0.15, 0.2) is 0 Å². The van der Waals surface area contributed by atoms with Gasteiger partial charge in [0.25, 0.3) is 0 Å². The van der Waals surface area contributed by atoms with Crippen LogP contribution in [0.25, 0.3) is 0 Å². The molecule has 1 heterocycles. The zero-order valence-corrected chi connectivity index (χ0v) is 15.0. The number of hydrogen-bond donors (Lipinski definition) is 0. The first kappa shape index (κ1) is 21.9. The van der Waals surface area contributed by atoms with E-state index in [0.29, 0.717) is 39.3 Å². The lowest BCUT2D eigenvalue weighted by Crippen LogP contribution is -2.25. The summed E-state index contributed by atoms with van der Waals surface area (Å²) >= 11 is 0. The molecule has 23 heavy (non-hydrogen) atoms. The predicted molar refractivity (Wildman–Crippen MR) is 87.2 cm³/mol. The monoisotopic (exact) mass is 332 g/mol. The molecule has 1 aliphatic heterocycles. The van der Waals surface area contributed by atoms with Gasteiger partial charge in [-0.15, -0.1) is 0 Å². The Morgan fingerprint density at radius 1 is 1.22 bits per heavy atom. The molecule has 2 atom stereocenters. The standard InChI is InChI=1S/C15H26O6.C2H6/c1-12(20-13(2)16)6-8-18-10-11-19-9-7-14-4-3-5-15(17)21-14;1-2/h12,14H,3-11H2,1-2H3;1-2H3. The molecule has 0 aromatic rings. The van der Waals surface area contributed by atoms with Crippen LogP contribution in [-0.2, 0) is 28.5 Å². The van der Waals surface area contributed by atoms with Crippen LogP contribution in [0.5, 0.6) is 0 Å². The van der Waals surface area contributed by atoms with Gasteiger partial charge in [0, 0.05) is 26.2 Å². The molecule has 0 aliphatic carbocycles. The van der Waals surface area contributed by atoms with Gasteiger partial charge in [0.1, 0.15) is 12.2 Å². The maximum Gasteiger partial charge on any atom is 0.306 e. The molecule has 2 unspecified atom stereocenters. The molecule has 1 fully saturated rings. The van der Waals surface area contributed by atoms with Crippen LogP contribution in [0, 0.1) is 0 Å². The molecule has 0 spiro atoms. The van der Waals surface area contributed by atoms with E-state index >= 15 is 0 Å². The molecule has 1 rings (SSSR count). The van der Waals surface area contributed by atoms with Gasteiger partial charge in [0.2, 0.25) is 0 Å². The molecule has 0 aromatic carbocycles. The number of carbonyl (C=O) groups is 2. The zero-order valence-electron chi connectivity index (χ0n) is 15.0. The second kappa shape index (κ2) is 14.5. The van der Waals surface area contributed by atoms with E-state index in [2.05, 4.69) is 0 Å². The van der Waals surface area contributed by atoms with Gasteiger partial charge in [0.05, 0.1) is 26.4 Å². The fourth-order valence-corrected chi connectivity index (χ4v) is 2.11. The fourth-order valence-electron chi connectivity index (χ4n) is 2.11. The van der Waals surface area contributed by atoms with E-state index in [1.54, 1.807) is 0 Å². The number of cyclic esters (lactones) is 1. The van der Waals surface area contributed by atoms with Crippen molar-refractivity contribution < 1.29 is 28.5 Å². The summed E-state index contributed by atoms with van der Waals surface area (Å²) in [5, 5.41) is 0. The maximum atomic E-state index is 11.1. The van der Waals surface area contributed by atoms with Crippen molar-refractivity contribution in [2.75, 3.05) is 26.4 Å². The topological polar surface area (TPSA) is 71.1 Å². The highest BCUT2D eigenvalue weighted by atomic mass is 16.6. The van der Waals surface area contributed by atoms with Crippen LogP contribution >= 0.6 is 0 Å². The van der Waals surface area contributed by atoms with E-state index in [-0.39, 0.29) is 24.1 Å². The molecule has 0 aromatic heterocycles. The smallest absolute Gasteiger partial charge is 0.306 e. The molecular formula is C17H32O6. The van der Waals surface area contributed by atoms with Crippen molar-refractivity contribution in [2.24, 2.45) is 0 Å². The summed E-state index contributed by atoms with van der Waals surface area (Å²) in [6.45, 7) is 9.38. The molecule has 0 N–H and O–H groups in total. The highest BCUT2D eigenvalue weighted by Gasteiger charge is 2.19. The van der Waals surface area contributed by atoms with Gasteiger partial charge >= 0.3 is 11.9 Å². The Morgan fingerprint density at radius 3 is 2.48 bits per heavy atom. The first-order valence-electron chi connectivity index (χ1n) is 8.60. The summed E-state index contributed by atoms with van der Waals surface area (Å²) < 4.78 is 21.0. The Labute approximate surface area is 139 Å². The van der Waals surface area contributed by atoms with Crippen molar-refractivity contribution in [2.45, 2.75) is 72.0 Å². The average molecular weight is 332 g/mol. The SMILES string of the molecule is CC.CC(=O)OC(C)CCOCCOCCC1CCCC(=O)O1. The Hall–Kier alpha value is -1.14. The van der Waals surface area contributed by atoms with Crippen LogP contribution in [0.2, 0.25) is 0 Å². The zero-order chi connectivity index (χ0) is 17.5. The molecule has 136 valence electrons. The normalized spacial score (nSPS) is 18.4. The minimum absolute atomic E-state index is 0.0109. The summed E-state index contributed by atoms with van der Waals surface area (Å²) in [5.41, 5.74) is 0. The van der Waals surface area contributed by atoms with Crippen molar-refractivity contribution >= 4 is 11.9 Å². The predicted octanol–water partition coefficient (Wildman–Crippen LogP) is 2.87. The lowest BCUT2D eigenvalue weighted by atomic mass is 10.1. The molecular weight excluding hydrogens is 300 g/mol. The molecule has 6 heteroatoms. The summed E-state index contributed by atoms with van der Waals surface area (Å²) in [5.74, 6) is -0.370. The largest absolute Gasteiger partial charge is 0.463 e. The minimum atomic E-state index is -0.269. The van der Waals surface area contributed by atoms with Gasteiger partial charge in [-0.05, 0) is 19.8 Å². The van der Waals surface area contributed by atoms with E-state index in [4.69, 9.17) is 18.9 Å². The first-order chi connectivity index (χ1) is 11.1. The van der Waals surface area contributed by atoms with E-state index < -0.39 is 0 Å². The minimum Gasteiger partial charge on any atom is -0.463 e. The summed E-state index contributed by atoms with van der Waals surface area (Å²) in [7, 11) is 0. The summed E-state index contributed by atoms with van der Waals surface area (Å²) in [6, 6.07) is 0. The molecule has 6 nitrogen and oxygen atoms in total. The van der Waals surface area contributed by atoms with Crippen molar-refractivity contribution in [3.05, 3.63) is 0 Å². The van der Waals surface area contributed by atoms with E-state index in [1.165, 1.54) is 6.92 Å². The van der Waals surface area contributed by atoms with Gasteiger partial charge in [-0.3, -0.25) is 9.59 Å². The van der Waals surface area contributed by atoms with Crippen molar-refractivity contribution in [1.29, 1.82) is 0 Å². The third kappa shape index (κ3) is 13.0. The second-order valence-electron chi connectivity index (χ2n) is 5.23. The maximum absolute atomic E-state index is 11.1. The number of rotatable bonds is 10. The Balaban J connectivity index is 0.00000232. The number of carbonyl (C=O) groups excluding carboxylic acids is 2. The van der Waals surface area contributed by atoms with Gasteiger partial charge < -0.3 is 18.9 Å². The quantitative estimate of drug-likeness (QED) is 0.452. The Bertz CT molecular complexity index is 318. The van der Waals surface area contributed by atoms with Crippen LogP contribution < -0.4 is 0 Å². The fraction of sp³-hybridized carbons (Fsp3) is 0.882. The van der Waals surface area contributed by atoms with Crippen molar-refractivity contribution in [3.8, 4) is 0 Å². The lowest BCUT2D eigenvalue weighted by molar-refractivity contribution is -0.154. The van der Waals surface area contributed by atoms with E-state index in [9.17, 15) is 9.59 Å². The number of hydrogen-bond acceptors (Lipinski definition) is 6. The van der Waals surface area contributed by atoms with E-state index in [1.807, 2.05) is 20.8 Å². The first-order valence-corrected chi connectivity index (χ1v) is 8.60. The number of ether oxygens (including phenoxy) is 4. The molecule has 0 amide bonds. The van der Waals surface area contributed by atoms with Crippen LogP contribution in [-0.4, -0.2) is 50.6 Å². The number of esters is 2. The highest BCUT2D eigenvalue weighted by Crippen LogP contribution is 2.16. The van der Waals surface area contributed by atoms with Crippen molar-refractivity contribution in [1.82, 2.24) is 0 Å². The van der Waals surface area contributed by atoms with Gasteiger partial charge in [-0.1, -0.05) is 13.8 Å². The summed E-state index contributed by atoms with van der Waals surface area (Å²) in [6.07, 6.45) is 3.69. The molecule has 0 radical (unpaired) electrons. The Morgan fingerprint density at radius 2 is 1.87 bits per heavy atom. The highest BCUT2D eigenvalue weighted by molar-refractivity contribution is 5.70. The molecule has 0 bridgehead atoms.